The minimum Gasteiger partial charge on any atom is -0.499 e. The molecule has 12 heteroatoms. The molecule has 0 radical (unpaired) electrons. The van der Waals surface area contributed by atoms with Gasteiger partial charge < -0.3 is 4.74 Å². The van der Waals surface area contributed by atoms with Crippen molar-refractivity contribution >= 4 is 40.6 Å². The Morgan fingerprint density at radius 3 is 2.45 bits per heavy atom. The number of tetrazole rings is 1. The van der Waals surface area contributed by atoms with E-state index < -0.39 is 28.1 Å². The summed E-state index contributed by atoms with van der Waals surface area (Å²) in [6.07, 6.45) is -3.99. The van der Waals surface area contributed by atoms with Crippen LogP contribution in [0.2, 0.25) is 0 Å². The maximum atomic E-state index is 12.5. The van der Waals surface area contributed by atoms with E-state index in [1.807, 2.05) is 0 Å². The van der Waals surface area contributed by atoms with Gasteiger partial charge in [0.2, 0.25) is 5.78 Å². The van der Waals surface area contributed by atoms with E-state index in [9.17, 15) is 18.0 Å². The molecular formula is C8H6Cl3F3N4O2. The van der Waals surface area contributed by atoms with E-state index in [0.717, 1.165) is 13.2 Å². The number of aromatic nitrogens is 4. The molecule has 20 heavy (non-hydrogen) atoms. The first kappa shape index (κ1) is 17.0. The van der Waals surface area contributed by atoms with E-state index in [1.54, 1.807) is 0 Å². The molecule has 0 aromatic carbocycles. The average molecular weight is 354 g/mol. The van der Waals surface area contributed by atoms with E-state index in [4.69, 9.17) is 39.5 Å². The second kappa shape index (κ2) is 6.15. The third kappa shape index (κ3) is 4.50. The SMILES string of the molecule is CO/C(=C/C(=O)C(Cl)(Cl)Cl)Cn1nnnc1C(F)(F)F. The monoisotopic (exact) mass is 352 g/mol. The lowest BCUT2D eigenvalue weighted by molar-refractivity contribution is -0.148. The number of nitrogens with zero attached hydrogens (tertiary/aromatic N) is 4. The van der Waals surface area contributed by atoms with Gasteiger partial charge in [-0.1, -0.05) is 34.8 Å². The van der Waals surface area contributed by atoms with E-state index in [2.05, 4.69) is 15.5 Å². The molecule has 0 N–H and O–H groups in total. The number of rotatable bonds is 4. The lowest BCUT2D eigenvalue weighted by Crippen LogP contribution is -2.20. The van der Waals surface area contributed by atoms with Gasteiger partial charge in [-0.25, -0.2) is 4.68 Å². The number of alkyl halides is 6. The third-order valence-corrected chi connectivity index (χ3v) is 2.48. The van der Waals surface area contributed by atoms with Crippen molar-refractivity contribution in [2.75, 3.05) is 7.11 Å². The minimum atomic E-state index is -4.75. The maximum absolute atomic E-state index is 12.5. The number of methoxy groups -OCH3 is 1. The number of ketones is 1. The molecule has 1 rings (SSSR count). The van der Waals surface area contributed by atoms with Crippen LogP contribution in [0.1, 0.15) is 5.82 Å². The van der Waals surface area contributed by atoms with Crippen molar-refractivity contribution in [2.24, 2.45) is 0 Å². The predicted octanol–water partition coefficient (Wildman–Crippen LogP) is 2.16. The summed E-state index contributed by atoms with van der Waals surface area (Å²) in [5.41, 5.74) is 0. The van der Waals surface area contributed by atoms with Crippen LogP contribution in [0.3, 0.4) is 0 Å². The third-order valence-electron chi connectivity index (χ3n) is 1.92. The summed E-state index contributed by atoms with van der Waals surface area (Å²) in [4.78, 5) is 11.4. The second-order valence-electron chi connectivity index (χ2n) is 3.33. The van der Waals surface area contributed by atoms with Gasteiger partial charge in [0, 0.05) is 6.08 Å². The first-order valence-electron chi connectivity index (χ1n) is 4.74. The molecule has 0 aliphatic carbocycles. The highest BCUT2D eigenvalue weighted by Crippen LogP contribution is 2.29. The molecule has 112 valence electrons. The molecule has 6 nitrogen and oxygen atoms in total. The summed E-state index contributed by atoms with van der Waals surface area (Å²) in [7, 11) is 1.13. The lowest BCUT2D eigenvalue weighted by atomic mass is 10.3. The number of ether oxygens (including phenoxy) is 1. The first-order valence-corrected chi connectivity index (χ1v) is 5.88. The van der Waals surface area contributed by atoms with Gasteiger partial charge in [-0.2, -0.15) is 13.2 Å². The van der Waals surface area contributed by atoms with Crippen LogP contribution in [0, 0.1) is 0 Å². The standard InChI is InChI=1S/C8H6Cl3F3N4O2/c1-20-4(2-5(19)7(9,10)11)3-18-6(8(12,13)14)15-16-17-18/h2H,3H2,1H3/b4-2+. The van der Waals surface area contributed by atoms with E-state index >= 15 is 0 Å². The van der Waals surface area contributed by atoms with Crippen molar-refractivity contribution in [2.45, 2.75) is 16.5 Å². The molecule has 1 aromatic heterocycles. The number of halogens is 6. The summed E-state index contributed by atoms with van der Waals surface area (Å²) >= 11 is 16.0. The Kier molecular flexibility index (Phi) is 5.22. The van der Waals surface area contributed by atoms with Crippen molar-refractivity contribution in [1.29, 1.82) is 0 Å². The summed E-state index contributed by atoms with van der Waals surface area (Å²) in [5, 5.41) is 8.88. The Labute approximate surface area is 125 Å². The van der Waals surface area contributed by atoms with Crippen LogP contribution < -0.4 is 0 Å². The zero-order chi connectivity index (χ0) is 15.6. The van der Waals surface area contributed by atoms with Crippen LogP contribution in [-0.2, 0) is 22.3 Å². The van der Waals surface area contributed by atoms with Gasteiger partial charge in [-0.05, 0) is 10.4 Å². The first-order chi connectivity index (χ1) is 9.05. The lowest BCUT2D eigenvalue weighted by Gasteiger charge is -2.11. The second-order valence-corrected chi connectivity index (χ2v) is 5.62. The normalized spacial score (nSPS) is 13.4. The zero-order valence-electron chi connectivity index (χ0n) is 9.66. The van der Waals surface area contributed by atoms with Crippen molar-refractivity contribution < 1.29 is 22.7 Å². The molecule has 0 fully saturated rings. The van der Waals surface area contributed by atoms with Crippen LogP contribution in [0.4, 0.5) is 13.2 Å². The molecule has 0 aliphatic heterocycles. The topological polar surface area (TPSA) is 69.9 Å². The molecule has 0 saturated carbocycles. The number of carbonyl (C=O) groups excluding carboxylic acids is 1. The summed E-state index contributed by atoms with van der Waals surface area (Å²) < 4.78 is 40.5. The van der Waals surface area contributed by atoms with Crippen LogP contribution in [-0.4, -0.2) is 36.9 Å². The molecule has 0 atom stereocenters. The van der Waals surface area contributed by atoms with Crippen molar-refractivity contribution in [1.82, 2.24) is 20.2 Å². The van der Waals surface area contributed by atoms with Gasteiger partial charge in [-0.15, -0.1) is 5.10 Å². The Hall–Kier alpha value is -1.06. The fourth-order valence-corrected chi connectivity index (χ4v) is 1.22. The number of hydrogen-bond acceptors (Lipinski definition) is 5. The Morgan fingerprint density at radius 1 is 1.40 bits per heavy atom. The fraction of sp³-hybridized carbons (Fsp3) is 0.500. The largest absolute Gasteiger partial charge is 0.499 e. The molecule has 0 saturated heterocycles. The number of allylic oxidation sites excluding steroid dienone is 2. The van der Waals surface area contributed by atoms with E-state index in [-0.39, 0.29) is 5.76 Å². The predicted molar refractivity (Wildman–Crippen MR) is 63.2 cm³/mol. The van der Waals surface area contributed by atoms with Gasteiger partial charge in [0.1, 0.15) is 12.3 Å². The van der Waals surface area contributed by atoms with Crippen LogP contribution in [0.15, 0.2) is 11.8 Å². The average Bonchev–Trinajstić information content (AvgIpc) is 2.74. The molecule has 1 aromatic rings. The summed E-state index contributed by atoms with van der Waals surface area (Å²) in [5.74, 6) is -2.53. The van der Waals surface area contributed by atoms with Gasteiger partial charge in [0.15, 0.2) is 0 Å². The van der Waals surface area contributed by atoms with Gasteiger partial charge in [0.05, 0.1) is 7.11 Å². The zero-order valence-corrected chi connectivity index (χ0v) is 11.9. The summed E-state index contributed by atoms with van der Waals surface area (Å²) in [6.45, 7) is -0.551. The number of hydrogen-bond donors (Lipinski definition) is 0. The molecule has 0 unspecified atom stereocenters. The Morgan fingerprint density at radius 2 is 2.00 bits per heavy atom. The molecule has 0 aliphatic rings. The van der Waals surface area contributed by atoms with Crippen LogP contribution in [0.25, 0.3) is 0 Å². The molecular weight excluding hydrogens is 347 g/mol. The fourth-order valence-electron chi connectivity index (χ4n) is 1.06. The Balaban J connectivity index is 2.99. The van der Waals surface area contributed by atoms with E-state index in [0.29, 0.717) is 4.68 Å². The smallest absolute Gasteiger partial charge is 0.453 e. The highest BCUT2D eigenvalue weighted by Gasteiger charge is 2.38. The Bertz CT molecular complexity index is 524. The van der Waals surface area contributed by atoms with Crippen molar-refractivity contribution in [3.05, 3.63) is 17.7 Å². The minimum absolute atomic E-state index is 0.209. The molecule has 1 heterocycles. The highest BCUT2D eigenvalue weighted by molar-refractivity contribution is 6.77. The van der Waals surface area contributed by atoms with E-state index in [1.165, 1.54) is 0 Å². The van der Waals surface area contributed by atoms with Crippen molar-refractivity contribution in [3.8, 4) is 0 Å². The van der Waals surface area contributed by atoms with Crippen molar-refractivity contribution in [3.63, 3.8) is 0 Å². The summed E-state index contributed by atoms with van der Waals surface area (Å²) in [6, 6.07) is 0. The quantitative estimate of drug-likeness (QED) is 0.471. The highest BCUT2D eigenvalue weighted by atomic mass is 35.6. The van der Waals surface area contributed by atoms with Gasteiger partial charge >= 0.3 is 6.18 Å². The number of carbonyl (C=O) groups is 1. The molecule has 0 spiro atoms. The molecule has 0 amide bonds. The maximum Gasteiger partial charge on any atom is 0.453 e. The van der Waals surface area contributed by atoms with Gasteiger partial charge in [0.25, 0.3) is 9.62 Å². The van der Waals surface area contributed by atoms with Crippen LogP contribution in [0.5, 0.6) is 0 Å². The molecule has 0 bridgehead atoms. The van der Waals surface area contributed by atoms with Gasteiger partial charge in [-0.3, -0.25) is 4.79 Å². The van der Waals surface area contributed by atoms with Crippen LogP contribution >= 0.6 is 34.8 Å².